The zero-order valence-electron chi connectivity index (χ0n) is 15.2. The molecule has 5 nitrogen and oxygen atoms in total. The Balaban J connectivity index is 2.26. The van der Waals surface area contributed by atoms with Crippen LogP contribution in [0.3, 0.4) is 0 Å². The molecule has 5 aromatic rings. The van der Waals surface area contributed by atoms with Crippen molar-refractivity contribution < 1.29 is 4.42 Å². The van der Waals surface area contributed by atoms with Crippen molar-refractivity contribution in [3.05, 3.63) is 86.8 Å². The van der Waals surface area contributed by atoms with Gasteiger partial charge in [-0.15, -0.1) is 5.10 Å². The van der Waals surface area contributed by atoms with Gasteiger partial charge in [0.1, 0.15) is 5.58 Å². The highest BCUT2D eigenvalue weighted by atomic mass is 35.5. The lowest BCUT2D eigenvalue weighted by atomic mass is 10.1. The van der Waals surface area contributed by atoms with E-state index in [-0.39, 0.29) is 0 Å². The third-order valence-electron chi connectivity index (χ3n) is 4.91. The average Bonchev–Trinajstić information content (AvgIpc) is 3.17. The number of hydrogen-bond acceptors (Lipinski definition) is 4. The molecule has 29 heavy (non-hydrogen) atoms. The van der Waals surface area contributed by atoms with E-state index in [1.165, 1.54) is 0 Å². The molecule has 2 aromatic heterocycles. The van der Waals surface area contributed by atoms with Crippen LogP contribution in [0, 0.1) is 6.92 Å². The maximum Gasteiger partial charge on any atom is 0.345 e. The second-order valence-corrected chi connectivity index (χ2v) is 7.59. The topological polar surface area (TPSA) is 60.4 Å². The van der Waals surface area contributed by atoms with E-state index in [0.717, 1.165) is 21.7 Å². The first-order chi connectivity index (χ1) is 14.0. The molecule has 0 bridgehead atoms. The number of benzene rings is 3. The fourth-order valence-electron chi connectivity index (χ4n) is 3.61. The molecule has 0 amide bonds. The van der Waals surface area contributed by atoms with Crippen LogP contribution in [-0.4, -0.2) is 14.8 Å². The Morgan fingerprint density at radius 1 is 0.897 bits per heavy atom. The zero-order valence-corrected chi connectivity index (χ0v) is 16.7. The van der Waals surface area contributed by atoms with Gasteiger partial charge in [0.15, 0.2) is 0 Å². The van der Waals surface area contributed by atoms with Crippen LogP contribution >= 0.6 is 23.2 Å². The van der Waals surface area contributed by atoms with E-state index >= 15 is 0 Å². The maximum absolute atomic E-state index is 13.1. The minimum Gasteiger partial charge on any atom is -0.422 e. The van der Waals surface area contributed by atoms with Crippen LogP contribution in [0.4, 0.5) is 0 Å². The number of fused-ring (bicyclic) bond motifs is 7. The Hall–Kier alpha value is -3.15. The highest BCUT2D eigenvalue weighted by molar-refractivity contribution is 6.32. The Labute approximate surface area is 174 Å². The van der Waals surface area contributed by atoms with Crippen LogP contribution in [0.25, 0.3) is 38.2 Å². The van der Waals surface area contributed by atoms with Crippen molar-refractivity contribution >= 4 is 61.4 Å². The van der Waals surface area contributed by atoms with Gasteiger partial charge in [0.2, 0.25) is 0 Å². The minimum absolute atomic E-state index is 0.374. The summed E-state index contributed by atoms with van der Waals surface area (Å²) in [6.45, 7) is 1.91. The van der Waals surface area contributed by atoms with Crippen molar-refractivity contribution in [3.63, 3.8) is 0 Å². The summed E-state index contributed by atoms with van der Waals surface area (Å²) in [6.07, 6.45) is 1.66. The van der Waals surface area contributed by atoms with Gasteiger partial charge in [0, 0.05) is 26.9 Å². The Kier molecular flexibility index (Phi) is 4.15. The van der Waals surface area contributed by atoms with E-state index in [4.69, 9.17) is 27.6 Å². The molecule has 0 radical (unpaired) electrons. The first kappa shape index (κ1) is 17.9. The van der Waals surface area contributed by atoms with Crippen LogP contribution in [0.1, 0.15) is 5.56 Å². The molecule has 0 aliphatic carbocycles. The van der Waals surface area contributed by atoms with Gasteiger partial charge in [0.05, 0.1) is 22.6 Å². The van der Waals surface area contributed by atoms with Gasteiger partial charge in [-0.25, -0.2) is 9.31 Å². The molecule has 2 heterocycles. The molecule has 0 atom stereocenters. The first-order valence-corrected chi connectivity index (χ1v) is 9.61. The lowest BCUT2D eigenvalue weighted by molar-refractivity contribution is 0.571. The molecule has 0 aliphatic heterocycles. The van der Waals surface area contributed by atoms with E-state index in [1.54, 1.807) is 35.0 Å². The summed E-state index contributed by atoms with van der Waals surface area (Å²) in [7, 11) is 0. The number of aromatic nitrogens is 3. The monoisotopic (exact) mass is 421 g/mol. The van der Waals surface area contributed by atoms with Crippen LogP contribution in [0.15, 0.2) is 70.0 Å². The lowest BCUT2D eigenvalue weighted by Gasteiger charge is -2.05. The second kappa shape index (κ2) is 6.72. The molecule has 0 saturated carbocycles. The first-order valence-electron chi connectivity index (χ1n) is 8.85. The van der Waals surface area contributed by atoms with Gasteiger partial charge >= 0.3 is 5.63 Å². The molecule has 0 saturated heterocycles. The SMILES string of the molecule is Cc1cccc2c(=O)oc3cc(Cl)ccc3c3ccc(Cl)cc3c3cnnn3c12. The van der Waals surface area contributed by atoms with E-state index in [0.29, 0.717) is 32.0 Å². The molecule has 0 fully saturated rings. The van der Waals surface area contributed by atoms with Crippen LogP contribution in [0.2, 0.25) is 10.0 Å². The Morgan fingerprint density at radius 3 is 2.48 bits per heavy atom. The summed E-state index contributed by atoms with van der Waals surface area (Å²) in [4.78, 5) is 13.1. The second-order valence-electron chi connectivity index (χ2n) is 6.72. The normalized spacial score (nSPS) is 11.4. The van der Waals surface area contributed by atoms with Gasteiger partial charge in [-0.2, -0.15) is 0 Å². The number of aryl methyl sites for hydroxylation is 1. The van der Waals surface area contributed by atoms with Crippen LogP contribution < -0.4 is 5.63 Å². The highest BCUT2D eigenvalue weighted by Crippen LogP contribution is 2.29. The minimum atomic E-state index is -0.494. The van der Waals surface area contributed by atoms with Gasteiger partial charge in [-0.05, 0) is 48.2 Å². The molecule has 5 rings (SSSR count). The number of halogens is 2. The molecule has 0 aliphatic rings. The standard InChI is InChI=1S/C22H13Cl2N3O2/c1-12-3-2-4-17-21(12)27-19(11-25-26-27)18-9-13(23)5-7-15(18)16-8-6-14(24)10-20(16)29-22(17)28/h2-11H,1H3. The number of rotatable bonds is 0. The summed E-state index contributed by atoms with van der Waals surface area (Å²) in [5.41, 5.74) is 2.07. The number of nitrogens with zero attached hydrogens (tertiary/aromatic N) is 3. The van der Waals surface area contributed by atoms with Crippen LogP contribution in [-0.2, 0) is 0 Å². The summed E-state index contributed by atoms with van der Waals surface area (Å²) < 4.78 is 7.45. The molecular weight excluding hydrogens is 409 g/mol. The van der Waals surface area contributed by atoms with Gasteiger partial charge in [0.25, 0.3) is 0 Å². The average molecular weight is 422 g/mol. The molecule has 0 spiro atoms. The smallest absolute Gasteiger partial charge is 0.345 e. The van der Waals surface area contributed by atoms with Gasteiger partial charge < -0.3 is 4.42 Å². The summed E-state index contributed by atoms with van der Waals surface area (Å²) >= 11 is 12.5. The largest absolute Gasteiger partial charge is 0.422 e. The van der Waals surface area contributed by atoms with Crippen molar-refractivity contribution in [1.29, 1.82) is 0 Å². The van der Waals surface area contributed by atoms with Crippen molar-refractivity contribution in [1.82, 2.24) is 14.8 Å². The molecule has 0 unspecified atom stereocenters. The molecule has 3 aromatic carbocycles. The molecule has 0 N–H and O–H groups in total. The third kappa shape index (κ3) is 2.90. The quantitative estimate of drug-likeness (QED) is 0.313. The van der Waals surface area contributed by atoms with Crippen molar-refractivity contribution in [3.8, 4) is 0 Å². The van der Waals surface area contributed by atoms with Crippen LogP contribution in [0.5, 0.6) is 0 Å². The predicted molar refractivity (Wildman–Crippen MR) is 116 cm³/mol. The van der Waals surface area contributed by atoms with Crippen molar-refractivity contribution in [2.75, 3.05) is 0 Å². The highest BCUT2D eigenvalue weighted by Gasteiger charge is 2.10. The fraction of sp³-hybridized carbons (Fsp3) is 0.0455. The fourth-order valence-corrected chi connectivity index (χ4v) is 3.94. The zero-order chi connectivity index (χ0) is 20.1. The van der Waals surface area contributed by atoms with E-state index in [9.17, 15) is 4.79 Å². The Bertz CT molecular complexity index is 1570. The maximum atomic E-state index is 13.1. The summed E-state index contributed by atoms with van der Waals surface area (Å²) in [6, 6.07) is 16.2. The van der Waals surface area contributed by atoms with Crippen molar-refractivity contribution in [2.45, 2.75) is 6.92 Å². The molecule has 142 valence electrons. The third-order valence-corrected chi connectivity index (χ3v) is 5.38. The van der Waals surface area contributed by atoms with Gasteiger partial charge in [-0.1, -0.05) is 46.6 Å². The number of hydrogen-bond donors (Lipinski definition) is 0. The van der Waals surface area contributed by atoms with E-state index in [1.807, 2.05) is 37.3 Å². The lowest BCUT2D eigenvalue weighted by Crippen LogP contribution is -2.01. The molecular formula is C22H13Cl2N3O2. The number of para-hydroxylation sites is 1. The summed E-state index contributed by atoms with van der Waals surface area (Å²) in [5, 5.41) is 12.2. The van der Waals surface area contributed by atoms with Crippen molar-refractivity contribution in [2.24, 2.45) is 0 Å². The predicted octanol–water partition coefficient (Wildman–Crippen LogP) is 5.88. The van der Waals surface area contributed by atoms with E-state index in [2.05, 4.69) is 10.3 Å². The van der Waals surface area contributed by atoms with E-state index < -0.39 is 5.63 Å². The Morgan fingerprint density at radius 2 is 1.66 bits per heavy atom. The molecule has 7 heteroatoms. The summed E-state index contributed by atoms with van der Waals surface area (Å²) in [5.74, 6) is 0. The van der Waals surface area contributed by atoms with Gasteiger partial charge in [-0.3, -0.25) is 0 Å².